The van der Waals surface area contributed by atoms with Crippen LogP contribution in [0.15, 0.2) is 103 Å². The Bertz CT molecular complexity index is 2900. The first kappa shape index (κ1) is 38.4. The average molecular weight is 800 g/mol. The highest BCUT2D eigenvalue weighted by Crippen LogP contribution is 2.56. The summed E-state index contributed by atoms with van der Waals surface area (Å²) in [7, 11) is 0. The van der Waals surface area contributed by atoms with Crippen LogP contribution >= 0.6 is 11.3 Å². The van der Waals surface area contributed by atoms with E-state index in [4.69, 9.17) is 0 Å². The van der Waals surface area contributed by atoms with Crippen molar-refractivity contribution >= 4 is 48.6 Å². The minimum Gasteiger partial charge on any atom is -0.310 e. The second-order valence-corrected chi connectivity index (χ2v) is 22.1. The van der Waals surface area contributed by atoms with E-state index in [1.165, 1.54) is 90.0 Å². The lowest BCUT2D eigenvalue weighted by Crippen LogP contribution is -2.34. The molecule has 0 spiro atoms. The molecule has 1 heterocycles. The van der Waals surface area contributed by atoms with Gasteiger partial charge in [0.1, 0.15) is 11.6 Å². The summed E-state index contributed by atoms with van der Waals surface area (Å²) < 4.78 is 34.0. The number of hydrogen-bond donors (Lipinski definition) is 0. The number of fused-ring (bicyclic) bond motifs is 8. The number of hydrogen-bond acceptors (Lipinski definition) is 2. The lowest BCUT2D eigenvalue weighted by atomic mass is 9.62. The summed E-state index contributed by atoms with van der Waals surface area (Å²) in [5.74, 6) is -0.894. The fraction of sp³-hybridized carbons (Fsp3) is 0.345. The van der Waals surface area contributed by atoms with Crippen molar-refractivity contribution < 1.29 is 8.78 Å². The summed E-state index contributed by atoms with van der Waals surface area (Å²) in [6, 6.07) is 35.2. The number of anilines is 3. The van der Waals surface area contributed by atoms with Gasteiger partial charge in [-0.3, -0.25) is 0 Å². The molecule has 0 bridgehead atoms. The lowest BCUT2D eigenvalue weighted by Gasteiger charge is -2.42. The molecule has 0 unspecified atom stereocenters. The highest BCUT2D eigenvalue weighted by Gasteiger charge is 2.43. The molecular weight excluding hydrogens is 745 g/mol. The molecule has 0 saturated heterocycles. The van der Waals surface area contributed by atoms with Crippen molar-refractivity contribution in [1.82, 2.24) is 0 Å². The van der Waals surface area contributed by atoms with E-state index >= 15 is 8.78 Å². The maximum Gasteiger partial charge on any atom is 0.133 e. The third-order valence-electron chi connectivity index (χ3n) is 14.9. The first-order valence-corrected chi connectivity index (χ1v) is 22.3. The first-order valence-electron chi connectivity index (χ1n) is 21.5. The van der Waals surface area contributed by atoms with Gasteiger partial charge in [-0.05, 0) is 165 Å². The summed E-state index contributed by atoms with van der Waals surface area (Å²) in [5.41, 5.74) is 14.4. The summed E-state index contributed by atoms with van der Waals surface area (Å²) in [5, 5.41) is 2.49. The van der Waals surface area contributed by atoms with Crippen molar-refractivity contribution in [3.8, 4) is 22.3 Å². The molecule has 10 rings (SSSR count). The average Bonchev–Trinajstić information content (AvgIpc) is 3.65. The Balaban J connectivity index is 1.17. The molecule has 4 heteroatoms. The van der Waals surface area contributed by atoms with E-state index in [2.05, 4.69) is 135 Å². The quantitative estimate of drug-likeness (QED) is 0.171. The number of thiophene rings is 1. The predicted molar refractivity (Wildman–Crippen MR) is 248 cm³/mol. The fourth-order valence-electron chi connectivity index (χ4n) is 10.9. The zero-order chi connectivity index (χ0) is 41.6. The van der Waals surface area contributed by atoms with Crippen LogP contribution in [0.2, 0.25) is 0 Å². The zero-order valence-electron chi connectivity index (χ0n) is 36.3. The van der Waals surface area contributed by atoms with Crippen molar-refractivity contribution in [3.63, 3.8) is 0 Å². The van der Waals surface area contributed by atoms with Gasteiger partial charge in [0.05, 0.1) is 0 Å². The summed E-state index contributed by atoms with van der Waals surface area (Å²) >= 11 is 1.86. The molecule has 0 fully saturated rings. The molecule has 6 aromatic carbocycles. The third kappa shape index (κ3) is 5.79. The highest BCUT2D eigenvalue weighted by molar-refractivity contribution is 7.25. The van der Waals surface area contributed by atoms with Crippen LogP contribution < -0.4 is 4.90 Å². The van der Waals surface area contributed by atoms with Crippen molar-refractivity contribution in [2.75, 3.05) is 4.90 Å². The van der Waals surface area contributed by atoms with Gasteiger partial charge >= 0.3 is 0 Å². The Morgan fingerprint density at radius 3 is 1.54 bits per heavy atom. The largest absolute Gasteiger partial charge is 0.310 e. The van der Waals surface area contributed by atoms with Crippen LogP contribution in [-0.4, -0.2) is 0 Å². The number of nitrogens with zero attached hydrogens (tertiary/aromatic N) is 1. The highest BCUT2D eigenvalue weighted by atomic mass is 32.1. The van der Waals surface area contributed by atoms with Crippen LogP contribution in [0, 0.1) is 11.6 Å². The molecule has 1 nitrogen and oxygen atoms in total. The monoisotopic (exact) mass is 799 g/mol. The van der Waals surface area contributed by atoms with Crippen LogP contribution in [0.3, 0.4) is 0 Å². The van der Waals surface area contributed by atoms with Crippen molar-refractivity contribution in [3.05, 3.63) is 148 Å². The minimum atomic E-state index is -0.458. The van der Waals surface area contributed by atoms with Gasteiger partial charge in [-0.2, -0.15) is 0 Å². The van der Waals surface area contributed by atoms with Crippen LogP contribution in [0.4, 0.5) is 25.8 Å². The molecule has 0 aliphatic heterocycles. The van der Waals surface area contributed by atoms with E-state index in [0.29, 0.717) is 5.69 Å². The molecule has 0 atom stereocenters. The second-order valence-electron chi connectivity index (χ2n) is 21.0. The van der Waals surface area contributed by atoms with Crippen LogP contribution in [0.1, 0.15) is 128 Å². The summed E-state index contributed by atoms with van der Waals surface area (Å²) in [4.78, 5) is 2.19. The maximum absolute atomic E-state index is 16.4. The van der Waals surface area contributed by atoms with Crippen molar-refractivity contribution in [2.45, 2.75) is 122 Å². The van der Waals surface area contributed by atoms with Crippen LogP contribution in [0.5, 0.6) is 0 Å². The molecule has 0 N–H and O–H groups in total. The van der Waals surface area contributed by atoms with Crippen LogP contribution in [-0.2, 0) is 27.1 Å². The molecule has 7 aromatic rings. The fourth-order valence-corrected chi connectivity index (χ4v) is 12.0. The molecule has 59 heavy (non-hydrogen) atoms. The van der Waals surface area contributed by atoms with E-state index in [1.54, 1.807) is 30.3 Å². The molecule has 300 valence electrons. The normalized spacial score (nSPS) is 18.9. The Morgan fingerprint density at radius 1 is 0.407 bits per heavy atom. The Kier molecular flexibility index (Phi) is 8.21. The van der Waals surface area contributed by atoms with Crippen LogP contribution in [0.25, 0.3) is 42.4 Å². The third-order valence-corrected chi connectivity index (χ3v) is 16.1. The van der Waals surface area contributed by atoms with E-state index < -0.39 is 11.6 Å². The summed E-state index contributed by atoms with van der Waals surface area (Å²) in [6.45, 7) is 23.9. The zero-order valence-corrected chi connectivity index (χ0v) is 37.1. The van der Waals surface area contributed by atoms with E-state index in [1.807, 2.05) is 17.4 Å². The minimum absolute atomic E-state index is 0.0913. The maximum atomic E-state index is 16.4. The standard InChI is InChI=1S/C55H55F2NS/c1-51(2)21-23-53(5,6)45-30-42-38(28-43(45)51)35-18-15-33(26-41(35)55(42,9)10)58(34-16-19-37(48(57)27-34)36-13-11-12-14-47(36)56)32-17-20-49-39(25-32)40-29-44-46(31-50(40)59-49)54(7,8)24-22-52(44,3)4/h11-20,25-31H,21-24H2,1-10H3. The molecule has 0 saturated carbocycles. The number of benzene rings is 6. The van der Waals surface area contributed by atoms with Gasteiger partial charge < -0.3 is 4.90 Å². The predicted octanol–water partition coefficient (Wildman–Crippen LogP) is 16.5. The van der Waals surface area contributed by atoms with E-state index in [-0.39, 0.29) is 38.2 Å². The van der Waals surface area contributed by atoms with Gasteiger partial charge in [0.25, 0.3) is 0 Å². The van der Waals surface area contributed by atoms with Crippen molar-refractivity contribution in [2.24, 2.45) is 0 Å². The topological polar surface area (TPSA) is 3.24 Å². The molecule has 3 aliphatic carbocycles. The van der Waals surface area contributed by atoms with Gasteiger partial charge in [0, 0.05) is 53.8 Å². The van der Waals surface area contributed by atoms with Gasteiger partial charge in [-0.25, -0.2) is 8.78 Å². The Labute approximate surface area is 353 Å². The van der Waals surface area contributed by atoms with E-state index in [0.717, 1.165) is 17.8 Å². The van der Waals surface area contributed by atoms with Gasteiger partial charge in [0.2, 0.25) is 0 Å². The smallest absolute Gasteiger partial charge is 0.133 e. The molecular formula is C55H55F2NS. The Hall–Kier alpha value is -4.80. The molecule has 1 aromatic heterocycles. The number of halogens is 2. The van der Waals surface area contributed by atoms with Gasteiger partial charge in [-0.15, -0.1) is 11.3 Å². The van der Waals surface area contributed by atoms with E-state index in [9.17, 15) is 0 Å². The summed E-state index contributed by atoms with van der Waals surface area (Å²) in [6.07, 6.45) is 4.68. The van der Waals surface area contributed by atoms with Gasteiger partial charge in [0.15, 0.2) is 0 Å². The van der Waals surface area contributed by atoms with Crippen molar-refractivity contribution in [1.29, 1.82) is 0 Å². The molecule has 0 radical (unpaired) electrons. The van der Waals surface area contributed by atoms with Gasteiger partial charge in [-0.1, -0.05) is 99.6 Å². The number of rotatable bonds is 4. The SMILES string of the molecule is CC1(C)CCC(C)(C)c2cc3c(cc21)-c1ccc(N(c2ccc(-c4ccccc4F)c(F)c2)c2ccc4sc5cc6c(cc5c4c2)C(C)(C)CCC6(C)C)cc1C3(C)C. The molecule has 0 amide bonds. The molecule has 3 aliphatic rings. The Morgan fingerprint density at radius 2 is 0.898 bits per heavy atom. The second kappa shape index (κ2) is 12.6. The first-order chi connectivity index (χ1) is 27.8. The lowest BCUT2D eigenvalue weighted by molar-refractivity contribution is 0.331.